The van der Waals surface area contributed by atoms with E-state index >= 15 is 0 Å². The fraction of sp³-hybridized carbons (Fsp3) is 1.00. The molecule has 0 aromatic carbocycles. The molecule has 0 radical (unpaired) electrons. The molecule has 24 heavy (non-hydrogen) atoms. The molecule has 4 heteroatoms. The van der Waals surface area contributed by atoms with Crippen LogP contribution in [0.5, 0.6) is 0 Å². The van der Waals surface area contributed by atoms with Crippen LogP contribution >= 0.6 is 0 Å². The third kappa shape index (κ3) is 13.2. The van der Waals surface area contributed by atoms with Crippen LogP contribution in [-0.2, 0) is 0 Å². The molecule has 0 aliphatic carbocycles. The molecule has 0 amide bonds. The Kier molecular flexibility index (Phi) is 12.2. The molecular formula is C20H42O4. The van der Waals surface area contributed by atoms with Crippen molar-refractivity contribution in [3.05, 3.63) is 0 Å². The fourth-order valence-electron chi connectivity index (χ4n) is 3.02. The van der Waals surface area contributed by atoms with Gasteiger partial charge in [-0.25, -0.2) is 0 Å². The van der Waals surface area contributed by atoms with Gasteiger partial charge in [-0.15, -0.1) is 0 Å². The molecule has 146 valence electrons. The molecule has 0 rings (SSSR count). The highest BCUT2D eigenvalue weighted by Gasteiger charge is 2.18. The lowest BCUT2D eigenvalue weighted by molar-refractivity contribution is 0.108. The summed E-state index contributed by atoms with van der Waals surface area (Å²) in [6.45, 7) is 8.80. The monoisotopic (exact) mass is 346 g/mol. The molecule has 4 nitrogen and oxygen atoms in total. The molecule has 0 spiro atoms. The van der Waals surface area contributed by atoms with Crippen molar-refractivity contribution in [2.24, 2.45) is 10.8 Å². The van der Waals surface area contributed by atoms with Crippen LogP contribution in [0.1, 0.15) is 91.9 Å². The Morgan fingerprint density at radius 3 is 1.46 bits per heavy atom. The van der Waals surface area contributed by atoms with Gasteiger partial charge in [0.1, 0.15) is 0 Å². The zero-order valence-electron chi connectivity index (χ0n) is 16.4. The SMILES string of the molecule is CC(C)(CO)CCCC(O)CCCC(O)CCCC(C)(C)CCO. The summed E-state index contributed by atoms with van der Waals surface area (Å²) < 4.78 is 0. The molecule has 0 saturated carbocycles. The number of aliphatic hydroxyl groups is 4. The molecule has 0 aromatic heterocycles. The van der Waals surface area contributed by atoms with Crippen molar-refractivity contribution >= 4 is 0 Å². The van der Waals surface area contributed by atoms with Crippen molar-refractivity contribution in [1.29, 1.82) is 0 Å². The molecule has 2 atom stereocenters. The van der Waals surface area contributed by atoms with Crippen LogP contribution in [-0.4, -0.2) is 45.8 Å². The number of hydrogen-bond donors (Lipinski definition) is 4. The Morgan fingerprint density at radius 1 is 0.625 bits per heavy atom. The molecule has 0 aliphatic heterocycles. The highest BCUT2D eigenvalue weighted by molar-refractivity contribution is 4.70. The van der Waals surface area contributed by atoms with Gasteiger partial charge in [-0.05, 0) is 62.2 Å². The summed E-state index contributed by atoms with van der Waals surface area (Å²) in [5, 5.41) is 38.3. The molecule has 0 fully saturated rings. The van der Waals surface area contributed by atoms with Crippen LogP contribution in [0.15, 0.2) is 0 Å². The predicted molar refractivity (Wildman–Crippen MR) is 99.9 cm³/mol. The first-order valence-electron chi connectivity index (χ1n) is 9.70. The minimum absolute atomic E-state index is 0.0558. The van der Waals surface area contributed by atoms with Crippen LogP contribution in [0.4, 0.5) is 0 Å². The highest BCUT2D eigenvalue weighted by Crippen LogP contribution is 2.28. The molecule has 4 N–H and O–H groups in total. The summed E-state index contributed by atoms with van der Waals surface area (Å²) in [6, 6.07) is 0. The van der Waals surface area contributed by atoms with Gasteiger partial charge in [-0.2, -0.15) is 0 Å². The van der Waals surface area contributed by atoms with Crippen LogP contribution in [0, 0.1) is 10.8 Å². The van der Waals surface area contributed by atoms with E-state index in [-0.39, 0.29) is 36.3 Å². The summed E-state index contributed by atoms with van der Waals surface area (Å²) in [5.74, 6) is 0. The maximum atomic E-state index is 10.0. The topological polar surface area (TPSA) is 80.9 Å². The smallest absolute Gasteiger partial charge is 0.0540 e. The molecule has 0 aromatic rings. The van der Waals surface area contributed by atoms with Crippen molar-refractivity contribution in [3.8, 4) is 0 Å². The maximum absolute atomic E-state index is 10.0. The summed E-state index contributed by atoms with van der Waals surface area (Å²) in [4.78, 5) is 0. The summed E-state index contributed by atoms with van der Waals surface area (Å²) in [6.07, 6.45) is 8.00. The third-order valence-electron chi connectivity index (χ3n) is 5.07. The van der Waals surface area contributed by atoms with Crippen LogP contribution in [0.3, 0.4) is 0 Å². The standard InChI is InChI=1S/C20H42O4/c1-19(2,14-15-21)12-6-10-17(23)8-5-9-18(24)11-7-13-20(3,4)16-22/h17-18,21-24H,5-16H2,1-4H3. The largest absolute Gasteiger partial charge is 0.396 e. The summed E-state index contributed by atoms with van der Waals surface area (Å²) in [7, 11) is 0. The van der Waals surface area contributed by atoms with E-state index in [1.54, 1.807) is 0 Å². The van der Waals surface area contributed by atoms with Crippen LogP contribution in [0.25, 0.3) is 0 Å². The van der Waals surface area contributed by atoms with E-state index in [9.17, 15) is 15.3 Å². The van der Waals surface area contributed by atoms with Gasteiger partial charge in [0.2, 0.25) is 0 Å². The Hall–Kier alpha value is -0.160. The second-order valence-corrected chi connectivity index (χ2v) is 8.98. The molecule has 2 unspecified atom stereocenters. The Bertz CT molecular complexity index is 302. The second-order valence-electron chi connectivity index (χ2n) is 8.98. The second kappa shape index (κ2) is 12.2. The quantitative estimate of drug-likeness (QED) is 0.365. The van der Waals surface area contributed by atoms with E-state index in [1.165, 1.54) is 0 Å². The van der Waals surface area contributed by atoms with Crippen molar-refractivity contribution < 1.29 is 20.4 Å². The van der Waals surface area contributed by atoms with Gasteiger partial charge in [-0.3, -0.25) is 0 Å². The average Bonchev–Trinajstić information content (AvgIpc) is 2.46. The molecule has 0 saturated heterocycles. The third-order valence-corrected chi connectivity index (χ3v) is 5.07. The van der Waals surface area contributed by atoms with Gasteiger partial charge in [0.25, 0.3) is 0 Å². The minimum Gasteiger partial charge on any atom is -0.396 e. The van der Waals surface area contributed by atoms with E-state index in [0.717, 1.165) is 64.2 Å². The highest BCUT2D eigenvalue weighted by atomic mass is 16.3. The van der Waals surface area contributed by atoms with Crippen molar-refractivity contribution in [3.63, 3.8) is 0 Å². The fourth-order valence-corrected chi connectivity index (χ4v) is 3.02. The van der Waals surface area contributed by atoms with Crippen LogP contribution < -0.4 is 0 Å². The molecule has 0 heterocycles. The van der Waals surface area contributed by atoms with E-state index < -0.39 is 0 Å². The van der Waals surface area contributed by atoms with E-state index in [4.69, 9.17) is 5.11 Å². The van der Waals surface area contributed by atoms with Gasteiger partial charge < -0.3 is 20.4 Å². The predicted octanol–water partition coefficient (Wildman–Crippen LogP) is 3.65. The van der Waals surface area contributed by atoms with E-state index in [1.807, 2.05) is 13.8 Å². The van der Waals surface area contributed by atoms with Gasteiger partial charge in [0.15, 0.2) is 0 Å². The summed E-state index contributed by atoms with van der Waals surface area (Å²) >= 11 is 0. The zero-order chi connectivity index (χ0) is 18.6. The Labute approximate surface area is 149 Å². The van der Waals surface area contributed by atoms with E-state index in [0.29, 0.717) is 0 Å². The maximum Gasteiger partial charge on any atom is 0.0540 e. The first-order chi connectivity index (χ1) is 11.1. The Morgan fingerprint density at radius 2 is 1.04 bits per heavy atom. The van der Waals surface area contributed by atoms with Gasteiger partial charge in [0.05, 0.1) is 12.2 Å². The minimum atomic E-state index is -0.296. The molecule has 0 bridgehead atoms. The number of rotatable bonds is 15. The Balaban J connectivity index is 3.68. The van der Waals surface area contributed by atoms with E-state index in [2.05, 4.69) is 13.8 Å². The number of aliphatic hydroxyl groups excluding tert-OH is 4. The van der Waals surface area contributed by atoms with Crippen molar-refractivity contribution in [2.45, 2.75) is 104 Å². The van der Waals surface area contributed by atoms with Crippen molar-refractivity contribution in [2.75, 3.05) is 13.2 Å². The lowest BCUT2D eigenvalue weighted by atomic mass is 9.83. The lowest BCUT2D eigenvalue weighted by Crippen LogP contribution is -2.18. The van der Waals surface area contributed by atoms with Gasteiger partial charge >= 0.3 is 0 Å². The van der Waals surface area contributed by atoms with Crippen molar-refractivity contribution in [1.82, 2.24) is 0 Å². The first-order valence-corrected chi connectivity index (χ1v) is 9.70. The van der Waals surface area contributed by atoms with Gasteiger partial charge in [-0.1, -0.05) is 40.5 Å². The molecular weight excluding hydrogens is 304 g/mol. The lowest BCUT2D eigenvalue weighted by Gasteiger charge is -2.24. The summed E-state index contributed by atoms with van der Waals surface area (Å²) in [5.41, 5.74) is 0.0900. The molecule has 0 aliphatic rings. The number of hydrogen-bond acceptors (Lipinski definition) is 4. The van der Waals surface area contributed by atoms with Crippen LogP contribution in [0.2, 0.25) is 0 Å². The normalized spacial score (nSPS) is 15.5. The average molecular weight is 347 g/mol. The zero-order valence-corrected chi connectivity index (χ0v) is 16.4. The van der Waals surface area contributed by atoms with Gasteiger partial charge in [0, 0.05) is 13.2 Å². The first kappa shape index (κ1) is 23.8.